The van der Waals surface area contributed by atoms with Crippen LogP contribution in [0.1, 0.15) is 58.3 Å². The molecular weight excluding hydrogens is 250 g/mol. The van der Waals surface area contributed by atoms with Crippen molar-refractivity contribution in [2.24, 2.45) is 17.8 Å². The minimum absolute atomic E-state index is 0.0938. The maximum Gasteiger partial charge on any atom is 0.319 e. The number of hydrogen-bond acceptors (Lipinski definition) is 3. The molecule has 0 aromatic rings. The Kier molecular flexibility index (Phi) is 6.34. The molecule has 2 aliphatic rings. The van der Waals surface area contributed by atoms with Gasteiger partial charge in [-0.05, 0) is 50.1 Å². The van der Waals surface area contributed by atoms with Crippen molar-refractivity contribution in [3.63, 3.8) is 0 Å². The van der Waals surface area contributed by atoms with Crippen LogP contribution in [0.3, 0.4) is 0 Å². The van der Waals surface area contributed by atoms with E-state index >= 15 is 0 Å². The van der Waals surface area contributed by atoms with E-state index in [-0.39, 0.29) is 5.97 Å². The topological polar surface area (TPSA) is 29.5 Å². The van der Waals surface area contributed by atoms with Crippen LogP contribution in [0.15, 0.2) is 0 Å². The summed E-state index contributed by atoms with van der Waals surface area (Å²) in [4.78, 5) is 13.6. The van der Waals surface area contributed by atoms with Crippen LogP contribution in [0.4, 0.5) is 0 Å². The lowest BCUT2D eigenvalue weighted by Gasteiger charge is -2.35. The standard InChI is InChI=1S/C17H31NO2/c1-3-14-5-4-6-15(8-7-14)16-9-11-18(12-10-16)13-17(19)20-2/h14-16H,3-13H2,1-2H3. The SMILES string of the molecule is CCC1CCCC(C2CCN(CC(=O)OC)CC2)CC1. The molecule has 2 rings (SSSR count). The summed E-state index contributed by atoms with van der Waals surface area (Å²) >= 11 is 0. The van der Waals surface area contributed by atoms with Gasteiger partial charge in [0.2, 0.25) is 0 Å². The molecule has 116 valence electrons. The molecule has 0 bridgehead atoms. The van der Waals surface area contributed by atoms with E-state index in [4.69, 9.17) is 4.74 Å². The molecule has 0 N–H and O–H groups in total. The lowest BCUT2D eigenvalue weighted by Crippen LogP contribution is -2.39. The Labute approximate surface area is 124 Å². The minimum Gasteiger partial charge on any atom is -0.468 e. The molecule has 1 saturated carbocycles. The lowest BCUT2D eigenvalue weighted by molar-refractivity contribution is -0.142. The van der Waals surface area contributed by atoms with Crippen LogP contribution >= 0.6 is 0 Å². The summed E-state index contributed by atoms with van der Waals surface area (Å²) in [5.74, 6) is 2.74. The molecule has 0 aromatic carbocycles. The van der Waals surface area contributed by atoms with E-state index in [0.717, 1.165) is 30.8 Å². The average molecular weight is 281 g/mol. The number of piperidine rings is 1. The van der Waals surface area contributed by atoms with Crippen LogP contribution in [-0.2, 0) is 9.53 Å². The van der Waals surface area contributed by atoms with Crippen LogP contribution in [0.5, 0.6) is 0 Å². The predicted octanol–water partition coefficient (Wildman–Crippen LogP) is 3.48. The Morgan fingerprint density at radius 2 is 1.75 bits per heavy atom. The first-order valence-electron chi connectivity index (χ1n) is 8.52. The van der Waals surface area contributed by atoms with Crippen molar-refractivity contribution in [2.45, 2.75) is 58.3 Å². The second-order valence-electron chi connectivity index (χ2n) is 6.73. The van der Waals surface area contributed by atoms with E-state index < -0.39 is 0 Å². The number of carbonyl (C=O) groups excluding carboxylic acids is 1. The van der Waals surface area contributed by atoms with E-state index in [1.54, 1.807) is 0 Å². The molecule has 1 heterocycles. The van der Waals surface area contributed by atoms with Crippen molar-refractivity contribution in [3.05, 3.63) is 0 Å². The molecule has 2 unspecified atom stereocenters. The first-order valence-corrected chi connectivity index (χ1v) is 8.52. The van der Waals surface area contributed by atoms with Crippen molar-refractivity contribution in [1.29, 1.82) is 0 Å². The molecule has 3 nitrogen and oxygen atoms in total. The van der Waals surface area contributed by atoms with Crippen LogP contribution < -0.4 is 0 Å². The van der Waals surface area contributed by atoms with Crippen LogP contribution in [-0.4, -0.2) is 37.6 Å². The highest BCUT2D eigenvalue weighted by molar-refractivity contribution is 5.71. The number of nitrogens with zero attached hydrogens (tertiary/aromatic N) is 1. The number of carbonyl (C=O) groups is 1. The molecule has 1 saturated heterocycles. The monoisotopic (exact) mass is 281 g/mol. The summed E-state index contributed by atoms with van der Waals surface area (Å²) in [6.45, 7) is 4.98. The van der Waals surface area contributed by atoms with Crippen LogP contribution in [0, 0.1) is 17.8 Å². The number of likely N-dealkylation sites (tertiary alicyclic amines) is 1. The molecule has 0 spiro atoms. The molecule has 1 aliphatic heterocycles. The van der Waals surface area contributed by atoms with E-state index in [9.17, 15) is 4.79 Å². The second-order valence-corrected chi connectivity index (χ2v) is 6.73. The molecule has 2 fully saturated rings. The molecule has 0 amide bonds. The maximum absolute atomic E-state index is 11.3. The number of methoxy groups -OCH3 is 1. The van der Waals surface area contributed by atoms with Crippen molar-refractivity contribution in [2.75, 3.05) is 26.7 Å². The third kappa shape index (κ3) is 4.47. The number of ether oxygens (including phenoxy) is 1. The maximum atomic E-state index is 11.3. The summed E-state index contributed by atoms with van der Waals surface area (Å²) in [5, 5.41) is 0. The van der Waals surface area contributed by atoms with Gasteiger partial charge in [-0.2, -0.15) is 0 Å². The Balaban J connectivity index is 1.74. The summed E-state index contributed by atoms with van der Waals surface area (Å²) in [7, 11) is 1.48. The normalized spacial score (nSPS) is 29.9. The molecule has 20 heavy (non-hydrogen) atoms. The van der Waals surface area contributed by atoms with Gasteiger partial charge < -0.3 is 4.74 Å². The van der Waals surface area contributed by atoms with E-state index in [1.807, 2.05) is 0 Å². The zero-order chi connectivity index (χ0) is 14.4. The smallest absolute Gasteiger partial charge is 0.319 e. The molecule has 0 aromatic heterocycles. The Hall–Kier alpha value is -0.570. The number of rotatable bonds is 4. The molecular formula is C17H31NO2. The van der Waals surface area contributed by atoms with Gasteiger partial charge in [0.1, 0.15) is 0 Å². The molecule has 1 aliphatic carbocycles. The van der Waals surface area contributed by atoms with Gasteiger partial charge in [0.05, 0.1) is 13.7 Å². The quantitative estimate of drug-likeness (QED) is 0.583. The van der Waals surface area contributed by atoms with Crippen molar-refractivity contribution >= 4 is 5.97 Å². The van der Waals surface area contributed by atoms with Gasteiger partial charge in [-0.25, -0.2) is 0 Å². The van der Waals surface area contributed by atoms with Crippen LogP contribution in [0.2, 0.25) is 0 Å². The highest BCUT2D eigenvalue weighted by atomic mass is 16.5. The average Bonchev–Trinajstić information content (AvgIpc) is 2.73. The van der Waals surface area contributed by atoms with Crippen molar-refractivity contribution in [3.8, 4) is 0 Å². The zero-order valence-electron chi connectivity index (χ0n) is 13.3. The van der Waals surface area contributed by atoms with Gasteiger partial charge in [-0.1, -0.05) is 39.0 Å². The first-order chi connectivity index (χ1) is 9.72. The molecule has 2 atom stereocenters. The van der Waals surface area contributed by atoms with Gasteiger partial charge in [-0.3, -0.25) is 9.69 Å². The Morgan fingerprint density at radius 1 is 1.05 bits per heavy atom. The summed E-state index contributed by atoms with van der Waals surface area (Å²) < 4.78 is 4.76. The molecule has 0 radical (unpaired) electrons. The fourth-order valence-corrected chi connectivity index (χ4v) is 4.12. The van der Waals surface area contributed by atoms with Gasteiger partial charge >= 0.3 is 5.97 Å². The minimum atomic E-state index is -0.0938. The van der Waals surface area contributed by atoms with E-state index in [2.05, 4.69) is 11.8 Å². The highest BCUT2D eigenvalue weighted by Gasteiger charge is 2.29. The zero-order valence-corrected chi connectivity index (χ0v) is 13.3. The van der Waals surface area contributed by atoms with Crippen molar-refractivity contribution < 1.29 is 9.53 Å². The first kappa shape index (κ1) is 15.8. The van der Waals surface area contributed by atoms with E-state index in [1.165, 1.54) is 58.5 Å². The summed E-state index contributed by atoms with van der Waals surface area (Å²) in [6, 6.07) is 0. The fourth-order valence-electron chi connectivity index (χ4n) is 4.12. The molecule has 3 heteroatoms. The van der Waals surface area contributed by atoms with Crippen molar-refractivity contribution in [1.82, 2.24) is 4.90 Å². The van der Waals surface area contributed by atoms with Gasteiger partial charge in [0, 0.05) is 0 Å². The van der Waals surface area contributed by atoms with Gasteiger partial charge in [-0.15, -0.1) is 0 Å². The van der Waals surface area contributed by atoms with Gasteiger partial charge in [0.15, 0.2) is 0 Å². The van der Waals surface area contributed by atoms with Gasteiger partial charge in [0.25, 0.3) is 0 Å². The largest absolute Gasteiger partial charge is 0.468 e. The van der Waals surface area contributed by atoms with E-state index in [0.29, 0.717) is 6.54 Å². The predicted molar refractivity (Wildman–Crippen MR) is 81.5 cm³/mol. The van der Waals surface area contributed by atoms with Crippen LogP contribution in [0.25, 0.3) is 0 Å². The summed E-state index contributed by atoms with van der Waals surface area (Å²) in [5.41, 5.74) is 0. The Bertz CT molecular complexity index is 297. The number of hydrogen-bond donors (Lipinski definition) is 0. The highest BCUT2D eigenvalue weighted by Crippen LogP contribution is 2.37. The summed E-state index contributed by atoms with van der Waals surface area (Å²) in [6.07, 6.45) is 11.1. The lowest BCUT2D eigenvalue weighted by atomic mass is 9.80. The third-order valence-corrected chi connectivity index (χ3v) is 5.59. The Morgan fingerprint density at radius 3 is 2.40 bits per heavy atom. The fraction of sp³-hybridized carbons (Fsp3) is 0.941. The second kappa shape index (κ2) is 8.02. The number of esters is 1. The third-order valence-electron chi connectivity index (χ3n) is 5.59.